The third-order valence-corrected chi connectivity index (χ3v) is 4.34. The Morgan fingerprint density at radius 1 is 1.00 bits per heavy atom. The molecule has 0 radical (unpaired) electrons. The van der Waals surface area contributed by atoms with Crippen LogP contribution in [-0.4, -0.2) is 27.8 Å². The molecule has 4 rings (SSSR count). The van der Waals surface area contributed by atoms with Gasteiger partial charge in [0.05, 0.1) is 18.4 Å². The second kappa shape index (κ2) is 8.12. The van der Waals surface area contributed by atoms with Crippen LogP contribution in [0.1, 0.15) is 10.4 Å². The maximum atomic E-state index is 13.9. The summed E-state index contributed by atoms with van der Waals surface area (Å²) in [5.74, 6) is -1.11. The fourth-order valence-corrected chi connectivity index (χ4v) is 2.90. The van der Waals surface area contributed by atoms with Crippen LogP contribution in [0.3, 0.4) is 0 Å². The molecule has 30 heavy (non-hydrogen) atoms. The average Bonchev–Trinajstić information content (AvgIpc) is 3.19. The summed E-state index contributed by atoms with van der Waals surface area (Å²) in [5, 5.41) is 6.98. The van der Waals surface area contributed by atoms with Crippen LogP contribution in [0.2, 0.25) is 0 Å². The van der Waals surface area contributed by atoms with E-state index >= 15 is 0 Å². The number of hydrogen-bond donors (Lipinski definition) is 1. The molecule has 0 saturated carbocycles. The highest BCUT2D eigenvalue weighted by Crippen LogP contribution is 2.25. The minimum Gasteiger partial charge on any atom is -0.466 e. The van der Waals surface area contributed by atoms with E-state index in [0.717, 1.165) is 0 Å². The Hall–Kier alpha value is -4.07. The van der Waals surface area contributed by atoms with Crippen LogP contribution < -0.4 is 10.1 Å². The zero-order valence-corrected chi connectivity index (χ0v) is 15.8. The summed E-state index contributed by atoms with van der Waals surface area (Å²) < 4.78 is 33.8. The predicted octanol–water partition coefficient (Wildman–Crippen LogP) is 4.47. The van der Waals surface area contributed by atoms with Crippen LogP contribution in [0, 0.1) is 11.6 Å². The van der Waals surface area contributed by atoms with Gasteiger partial charge in [-0.3, -0.25) is 4.79 Å². The number of nitrogens with one attached hydrogen (secondary N) is 1. The highest BCUT2D eigenvalue weighted by atomic mass is 19.1. The molecule has 0 fully saturated rings. The van der Waals surface area contributed by atoms with Crippen molar-refractivity contribution in [2.45, 2.75) is 0 Å². The third kappa shape index (κ3) is 3.88. The molecule has 3 aromatic carbocycles. The Labute approximate surface area is 170 Å². The smallest absolute Gasteiger partial charge is 0.336 e. The highest BCUT2D eigenvalue weighted by Gasteiger charge is 2.16. The lowest BCUT2D eigenvalue weighted by molar-refractivity contribution is 0.102. The number of nitrogens with zero attached hydrogens (tertiary/aromatic N) is 3. The van der Waals surface area contributed by atoms with Crippen LogP contribution in [0.25, 0.3) is 17.1 Å². The van der Waals surface area contributed by atoms with Gasteiger partial charge in [0.2, 0.25) is 0 Å². The second-order valence-electron chi connectivity index (χ2n) is 6.33. The van der Waals surface area contributed by atoms with Crippen molar-refractivity contribution in [3.05, 3.63) is 90.0 Å². The molecule has 1 amide bonds. The largest absolute Gasteiger partial charge is 0.466 e. The van der Waals surface area contributed by atoms with Gasteiger partial charge in [-0.05, 0) is 54.6 Å². The second-order valence-corrected chi connectivity index (χ2v) is 6.33. The first-order valence-corrected chi connectivity index (χ1v) is 8.98. The van der Waals surface area contributed by atoms with Crippen LogP contribution >= 0.6 is 0 Å². The van der Waals surface area contributed by atoms with Crippen LogP contribution in [-0.2, 0) is 0 Å². The van der Waals surface area contributed by atoms with Gasteiger partial charge in [0.15, 0.2) is 5.82 Å². The lowest BCUT2D eigenvalue weighted by Gasteiger charge is -2.10. The molecule has 1 aromatic heterocycles. The van der Waals surface area contributed by atoms with Crippen LogP contribution in [0.15, 0.2) is 72.8 Å². The molecule has 0 aliphatic carbocycles. The van der Waals surface area contributed by atoms with Gasteiger partial charge >= 0.3 is 6.01 Å². The maximum absolute atomic E-state index is 13.9. The number of halogens is 2. The Kier molecular flexibility index (Phi) is 5.21. The summed E-state index contributed by atoms with van der Waals surface area (Å²) in [6.45, 7) is 0. The maximum Gasteiger partial charge on any atom is 0.336 e. The molecule has 0 bridgehead atoms. The number of carbonyl (C=O) groups is 1. The summed E-state index contributed by atoms with van der Waals surface area (Å²) in [4.78, 5) is 16.7. The average molecular weight is 406 g/mol. The summed E-state index contributed by atoms with van der Waals surface area (Å²) in [6.07, 6.45) is 0. The number of rotatable bonds is 5. The molecule has 0 aliphatic rings. The van der Waals surface area contributed by atoms with Crippen LogP contribution in [0.4, 0.5) is 14.5 Å². The van der Waals surface area contributed by atoms with Gasteiger partial charge < -0.3 is 10.1 Å². The Bertz CT molecular complexity index is 1210. The standard InChI is InChI=1S/C22H16F2N4O2/c1-30-22-26-20(14-9-11-15(23)12-10-14)28(27-22)17-6-4-5-16(13-17)25-21(29)18-7-2-3-8-19(18)24/h2-13H,1H3,(H,25,29). The van der Waals surface area contributed by atoms with Gasteiger partial charge in [-0.25, -0.2) is 13.5 Å². The van der Waals surface area contributed by atoms with Crippen molar-refractivity contribution >= 4 is 11.6 Å². The van der Waals surface area contributed by atoms with E-state index in [1.54, 1.807) is 42.5 Å². The van der Waals surface area contributed by atoms with E-state index in [2.05, 4.69) is 15.4 Å². The van der Waals surface area contributed by atoms with Gasteiger partial charge in [0.25, 0.3) is 5.91 Å². The molecule has 1 heterocycles. The topological polar surface area (TPSA) is 69.0 Å². The summed E-state index contributed by atoms with van der Waals surface area (Å²) >= 11 is 0. The minimum atomic E-state index is -0.606. The SMILES string of the molecule is COc1nc(-c2ccc(F)cc2)n(-c2cccc(NC(=O)c3ccccc3F)c2)n1. The lowest BCUT2D eigenvalue weighted by atomic mass is 10.2. The van der Waals surface area contributed by atoms with Crippen molar-refractivity contribution < 1.29 is 18.3 Å². The third-order valence-electron chi connectivity index (χ3n) is 4.34. The molecule has 8 heteroatoms. The normalized spacial score (nSPS) is 10.6. The molecule has 1 N–H and O–H groups in total. The number of aromatic nitrogens is 3. The number of anilines is 1. The number of amides is 1. The van der Waals surface area contributed by atoms with Gasteiger partial charge in [0, 0.05) is 11.3 Å². The van der Waals surface area contributed by atoms with E-state index < -0.39 is 11.7 Å². The fourth-order valence-electron chi connectivity index (χ4n) is 2.90. The van der Waals surface area contributed by atoms with E-state index in [1.807, 2.05) is 0 Å². The fraction of sp³-hybridized carbons (Fsp3) is 0.0455. The van der Waals surface area contributed by atoms with E-state index in [4.69, 9.17) is 4.74 Å². The first kappa shape index (κ1) is 19.3. The summed E-state index contributed by atoms with van der Waals surface area (Å²) in [7, 11) is 1.44. The number of hydrogen-bond acceptors (Lipinski definition) is 4. The predicted molar refractivity (Wildman–Crippen MR) is 108 cm³/mol. The lowest BCUT2D eigenvalue weighted by Crippen LogP contribution is -2.14. The van der Waals surface area contributed by atoms with E-state index in [9.17, 15) is 13.6 Å². The van der Waals surface area contributed by atoms with Crippen molar-refractivity contribution in [1.82, 2.24) is 14.8 Å². The van der Waals surface area contributed by atoms with E-state index in [1.165, 1.54) is 42.1 Å². The Balaban J connectivity index is 1.69. The molecule has 4 aromatic rings. The number of benzene rings is 3. The molecule has 0 unspecified atom stereocenters. The van der Waals surface area contributed by atoms with Crippen molar-refractivity contribution in [1.29, 1.82) is 0 Å². The first-order chi connectivity index (χ1) is 14.5. The molecular formula is C22H16F2N4O2. The van der Waals surface area contributed by atoms with Gasteiger partial charge in [-0.15, -0.1) is 5.10 Å². The number of carbonyl (C=O) groups excluding carboxylic acids is 1. The number of methoxy groups -OCH3 is 1. The highest BCUT2D eigenvalue weighted by molar-refractivity contribution is 6.04. The summed E-state index contributed by atoms with van der Waals surface area (Å²) in [5.41, 5.74) is 1.60. The van der Waals surface area contributed by atoms with Gasteiger partial charge in [-0.1, -0.05) is 18.2 Å². The van der Waals surface area contributed by atoms with E-state index in [0.29, 0.717) is 22.8 Å². The van der Waals surface area contributed by atoms with Gasteiger partial charge in [0.1, 0.15) is 11.6 Å². The first-order valence-electron chi connectivity index (χ1n) is 8.98. The van der Waals surface area contributed by atoms with Crippen molar-refractivity contribution in [2.24, 2.45) is 0 Å². The Morgan fingerprint density at radius 2 is 1.77 bits per heavy atom. The Morgan fingerprint density at radius 3 is 2.50 bits per heavy atom. The molecule has 0 spiro atoms. The summed E-state index contributed by atoms with van der Waals surface area (Å²) in [6, 6.07) is 18.5. The van der Waals surface area contributed by atoms with Crippen molar-refractivity contribution in [3.8, 4) is 23.1 Å². The van der Waals surface area contributed by atoms with Crippen molar-refractivity contribution in [2.75, 3.05) is 12.4 Å². The zero-order valence-electron chi connectivity index (χ0n) is 15.8. The molecule has 0 atom stereocenters. The van der Waals surface area contributed by atoms with Crippen LogP contribution in [0.5, 0.6) is 6.01 Å². The molecule has 150 valence electrons. The molecule has 6 nitrogen and oxygen atoms in total. The van der Waals surface area contributed by atoms with Crippen molar-refractivity contribution in [3.63, 3.8) is 0 Å². The molecule has 0 aliphatic heterocycles. The van der Waals surface area contributed by atoms with E-state index in [-0.39, 0.29) is 17.4 Å². The molecule has 0 saturated heterocycles. The monoisotopic (exact) mass is 406 g/mol. The quantitative estimate of drug-likeness (QED) is 0.531. The zero-order chi connectivity index (χ0) is 21.1. The minimum absolute atomic E-state index is 0.0580. The number of ether oxygens (including phenoxy) is 1. The molecular weight excluding hydrogens is 390 g/mol. The van der Waals surface area contributed by atoms with Gasteiger partial charge in [-0.2, -0.15) is 4.98 Å².